The van der Waals surface area contributed by atoms with Gasteiger partial charge in [-0.2, -0.15) is 0 Å². The second-order valence-corrected chi connectivity index (χ2v) is 13.3. The molecule has 5 aliphatic rings. The number of carboxylic acid groups (broad SMARTS) is 2. The Hall–Kier alpha value is -2.01. The number of carbonyl (C=O) groups is 2. The molecule has 10 atom stereocenters. The van der Waals surface area contributed by atoms with Gasteiger partial charge in [-0.1, -0.05) is 54.5 Å². The predicted molar refractivity (Wildman–Crippen MR) is 161 cm³/mol. The van der Waals surface area contributed by atoms with E-state index in [4.69, 9.17) is 0 Å². The van der Waals surface area contributed by atoms with Crippen LogP contribution in [0.3, 0.4) is 0 Å². The van der Waals surface area contributed by atoms with Gasteiger partial charge in [-0.05, 0) is 95.1 Å². The maximum absolute atomic E-state index is 11.5. The molecule has 0 aromatic heterocycles. The summed E-state index contributed by atoms with van der Waals surface area (Å²) in [6, 6.07) is 1.24. The topological polar surface area (TPSA) is 128 Å². The van der Waals surface area contributed by atoms with Crippen LogP contribution in [0, 0.1) is 11.8 Å². The number of fused-ring (bicyclic) bond motifs is 8. The molecule has 0 saturated carbocycles. The Kier molecular flexibility index (Phi) is 11.0. The van der Waals surface area contributed by atoms with Crippen LogP contribution in [0.1, 0.15) is 79.1 Å². The van der Waals surface area contributed by atoms with E-state index < -0.39 is 11.9 Å². The van der Waals surface area contributed by atoms with Gasteiger partial charge in [0.05, 0.1) is 0 Å². The fraction of sp³-hybridized carbons (Fsp3) is 0.647. The third kappa shape index (κ3) is 6.82. The van der Waals surface area contributed by atoms with Crippen molar-refractivity contribution in [2.45, 2.75) is 127 Å². The average molecular weight is 636 g/mol. The maximum atomic E-state index is 11.5. The monoisotopic (exact) mass is 635 g/mol. The van der Waals surface area contributed by atoms with Crippen molar-refractivity contribution in [3.8, 4) is 0 Å². The van der Waals surface area contributed by atoms with Crippen molar-refractivity contribution in [1.29, 1.82) is 0 Å². The standard InChI is InChI=1S/C34H50N4O4.Co/c1-7-21-17(3)25-13-26-19(5)23(9-11-33(39)40)31(37-26)16-32-24(10-12-34(41)42)20(6)28(38-32)15-30-22(8-2)18(4)27(36-30)14-29(21)35-25;/h7-8,20,24-32,35-38H,1-2,9-16H2,3-6H3,(H,39,40)(H,41,42);/q;+2/p-2. The SMILES string of the molecule is C=CC1=C(C)C2CC3NC(CC4NC(CC5NC(CC1N2)C(C)=C5C=C)C(C)C4CCC(=O)[O-])C(CCC(=O)[O-])=C3C.[Co+2]. The summed E-state index contributed by atoms with van der Waals surface area (Å²) in [5.41, 5.74) is 7.61. The van der Waals surface area contributed by atoms with E-state index in [0.717, 1.165) is 25.7 Å². The Labute approximate surface area is 267 Å². The van der Waals surface area contributed by atoms with E-state index in [2.05, 4.69) is 62.1 Å². The van der Waals surface area contributed by atoms with Crippen LogP contribution in [0.4, 0.5) is 0 Å². The fourth-order valence-corrected chi connectivity index (χ4v) is 8.85. The van der Waals surface area contributed by atoms with Crippen molar-refractivity contribution in [2.24, 2.45) is 11.8 Å². The van der Waals surface area contributed by atoms with Crippen molar-refractivity contribution >= 4 is 11.9 Å². The van der Waals surface area contributed by atoms with Crippen molar-refractivity contribution in [3.05, 3.63) is 58.7 Å². The van der Waals surface area contributed by atoms with Gasteiger partial charge in [-0.15, -0.1) is 0 Å². The van der Waals surface area contributed by atoms with Gasteiger partial charge < -0.3 is 41.1 Å². The summed E-state index contributed by atoms with van der Waals surface area (Å²) in [6.07, 6.45) is 8.56. The Morgan fingerprint density at radius 1 is 0.721 bits per heavy atom. The average Bonchev–Trinajstić information content (AvgIpc) is 3.59. The number of nitrogens with one attached hydrogen (secondary N) is 4. The summed E-state index contributed by atoms with van der Waals surface area (Å²) < 4.78 is 0. The molecule has 2 fully saturated rings. The van der Waals surface area contributed by atoms with Crippen molar-refractivity contribution in [1.82, 2.24) is 21.3 Å². The molecule has 237 valence electrons. The van der Waals surface area contributed by atoms with Crippen LogP contribution in [0.25, 0.3) is 0 Å². The predicted octanol–water partition coefficient (Wildman–Crippen LogP) is 1.55. The van der Waals surface area contributed by atoms with Crippen LogP contribution >= 0.6 is 0 Å². The smallest absolute Gasteiger partial charge is 0.550 e. The molecule has 0 aliphatic carbocycles. The third-order valence-corrected chi connectivity index (χ3v) is 11.3. The first-order valence-corrected chi connectivity index (χ1v) is 15.8. The van der Waals surface area contributed by atoms with E-state index in [1.807, 2.05) is 12.2 Å². The Morgan fingerprint density at radius 3 is 1.77 bits per heavy atom. The molecular weight excluding hydrogens is 587 g/mol. The molecule has 8 bridgehead atoms. The number of hydrogen-bond acceptors (Lipinski definition) is 8. The van der Waals surface area contributed by atoms with Gasteiger partial charge in [0.15, 0.2) is 0 Å². The molecule has 8 nitrogen and oxygen atoms in total. The summed E-state index contributed by atoms with van der Waals surface area (Å²) >= 11 is 0. The summed E-state index contributed by atoms with van der Waals surface area (Å²) in [4.78, 5) is 23.0. The van der Waals surface area contributed by atoms with Crippen LogP contribution in [-0.2, 0) is 26.4 Å². The van der Waals surface area contributed by atoms with Crippen LogP contribution < -0.4 is 31.5 Å². The zero-order valence-electron chi connectivity index (χ0n) is 26.0. The maximum Gasteiger partial charge on any atom is 2.00 e. The van der Waals surface area contributed by atoms with Gasteiger partial charge in [0.2, 0.25) is 0 Å². The molecule has 0 aromatic carbocycles. The molecule has 9 heteroatoms. The molecule has 1 radical (unpaired) electrons. The summed E-state index contributed by atoms with van der Waals surface area (Å²) in [7, 11) is 0. The van der Waals surface area contributed by atoms with Gasteiger partial charge in [0, 0.05) is 60.3 Å². The van der Waals surface area contributed by atoms with E-state index in [1.165, 1.54) is 33.4 Å². The molecule has 5 rings (SSSR count). The summed E-state index contributed by atoms with van der Waals surface area (Å²) in [6.45, 7) is 17.2. The molecule has 2 saturated heterocycles. The summed E-state index contributed by atoms with van der Waals surface area (Å²) in [5, 5.41) is 38.7. The van der Waals surface area contributed by atoms with Crippen LogP contribution in [-0.4, -0.2) is 60.3 Å². The first-order chi connectivity index (χ1) is 20.0. The Balaban J connectivity index is 0.00000423. The fourth-order valence-electron chi connectivity index (χ4n) is 8.85. The van der Waals surface area contributed by atoms with E-state index in [9.17, 15) is 19.8 Å². The normalized spacial score (nSPS) is 37.5. The van der Waals surface area contributed by atoms with Gasteiger partial charge in [0.25, 0.3) is 0 Å². The number of hydrogen-bond donors (Lipinski definition) is 4. The Bertz CT molecular complexity index is 1220. The van der Waals surface area contributed by atoms with Crippen LogP contribution in [0.2, 0.25) is 0 Å². The van der Waals surface area contributed by atoms with Gasteiger partial charge in [-0.25, -0.2) is 0 Å². The first kappa shape index (κ1) is 33.9. The van der Waals surface area contributed by atoms with Crippen molar-refractivity contribution in [2.75, 3.05) is 0 Å². The molecule has 10 unspecified atom stereocenters. The van der Waals surface area contributed by atoms with Crippen LogP contribution in [0.15, 0.2) is 58.7 Å². The van der Waals surface area contributed by atoms with E-state index in [1.54, 1.807) is 0 Å². The van der Waals surface area contributed by atoms with Gasteiger partial charge in [0.1, 0.15) is 0 Å². The summed E-state index contributed by atoms with van der Waals surface area (Å²) in [5.74, 6) is -1.58. The number of rotatable bonds is 8. The molecule has 5 aliphatic heterocycles. The minimum Gasteiger partial charge on any atom is -0.550 e. The molecule has 5 heterocycles. The van der Waals surface area contributed by atoms with E-state index in [-0.39, 0.29) is 89.8 Å². The third-order valence-electron chi connectivity index (χ3n) is 11.3. The molecule has 0 aromatic rings. The number of aliphatic carboxylic acids is 2. The largest absolute Gasteiger partial charge is 2.00 e. The van der Waals surface area contributed by atoms with Crippen molar-refractivity contribution < 1.29 is 36.6 Å². The second-order valence-electron chi connectivity index (χ2n) is 13.3. The number of carbonyl (C=O) groups excluding carboxylic acids is 2. The quantitative estimate of drug-likeness (QED) is 0.296. The second kappa shape index (κ2) is 14.0. The minimum atomic E-state index is -1.03. The molecule has 4 N–H and O–H groups in total. The minimum absolute atomic E-state index is 0. The molecule has 43 heavy (non-hydrogen) atoms. The molecule has 0 spiro atoms. The first-order valence-electron chi connectivity index (χ1n) is 15.8. The number of carboxylic acids is 2. The van der Waals surface area contributed by atoms with Crippen molar-refractivity contribution in [3.63, 3.8) is 0 Å². The van der Waals surface area contributed by atoms with Gasteiger partial charge >= 0.3 is 16.8 Å². The van der Waals surface area contributed by atoms with E-state index in [0.29, 0.717) is 12.8 Å². The van der Waals surface area contributed by atoms with E-state index >= 15 is 0 Å². The Morgan fingerprint density at radius 2 is 1.21 bits per heavy atom. The van der Waals surface area contributed by atoms with Gasteiger partial charge in [-0.3, -0.25) is 0 Å². The zero-order valence-corrected chi connectivity index (χ0v) is 27.0. The zero-order chi connectivity index (χ0) is 30.3. The molecule has 0 amide bonds. The molecular formula is C34H48CoN4O4. The van der Waals surface area contributed by atoms with Crippen LogP contribution in [0.5, 0.6) is 0 Å².